The number of hydrogen-bond donors (Lipinski definition) is 1. The van der Waals surface area contributed by atoms with E-state index in [1.807, 2.05) is 20.8 Å². The van der Waals surface area contributed by atoms with E-state index in [9.17, 15) is 4.79 Å². The molecule has 1 heterocycles. The second-order valence-electron chi connectivity index (χ2n) is 3.57. The Kier molecular flexibility index (Phi) is 3.17. The average Bonchev–Trinajstić information content (AvgIpc) is 2.00. The number of nitrogens with one attached hydrogen (secondary N) is 1. The van der Waals surface area contributed by atoms with E-state index in [0.717, 1.165) is 5.69 Å². The van der Waals surface area contributed by atoms with Crippen LogP contribution in [0, 0.1) is 13.8 Å². The highest BCUT2D eigenvalue weighted by atomic mass is 16.1. The Morgan fingerprint density at radius 2 is 2.00 bits per heavy atom. The van der Waals surface area contributed by atoms with Gasteiger partial charge in [0, 0.05) is 11.7 Å². The fraction of sp³-hybridized carbons (Fsp3) is 0.500. The SMILES string of the molecule is Cc1cc(C(=O)NC(C)C)nc(C)n1. The van der Waals surface area contributed by atoms with Crippen LogP contribution < -0.4 is 5.32 Å². The van der Waals surface area contributed by atoms with E-state index < -0.39 is 0 Å². The largest absolute Gasteiger partial charge is 0.349 e. The molecule has 0 fully saturated rings. The van der Waals surface area contributed by atoms with Crippen molar-refractivity contribution < 1.29 is 4.79 Å². The summed E-state index contributed by atoms with van der Waals surface area (Å²) in [5.41, 5.74) is 1.25. The summed E-state index contributed by atoms with van der Waals surface area (Å²) in [6.45, 7) is 7.46. The summed E-state index contributed by atoms with van der Waals surface area (Å²) < 4.78 is 0. The second-order valence-corrected chi connectivity index (χ2v) is 3.57. The quantitative estimate of drug-likeness (QED) is 0.768. The molecule has 1 N–H and O–H groups in total. The number of rotatable bonds is 2. The number of aryl methyl sites for hydroxylation is 2. The summed E-state index contributed by atoms with van der Waals surface area (Å²) in [5.74, 6) is 0.479. The van der Waals surface area contributed by atoms with Gasteiger partial charge < -0.3 is 5.32 Å². The van der Waals surface area contributed by atoms with Crippen molar-refractivity contribution in [3.63, 3.8) is 0 Å². The van der Waals surface area contributed by atoms with Crippen LogP contribution in [0.15, 0.2) is 6.07 Å². The van der Waals surface area contributed by atoms with Crippen molar-refractivity contribution in [2.24, 2.45) is 0 Å². The van der Waals surface area contributed by atoms with Gasteiger partial charge in [-0.3, -0.25) is 4.79 Å². The molecule has 1 aromatic rings. The molecule has 0 radical (unpaired) electrons. The van der Waals surface area contributed by atoms with Crippen molar-refractivity contribution in [3.8, 4) is 0 Å². The van der Waals surface area contributed by atoms with Gasteiger partial charge in [-0.05, 0) is 33.8 Å². The Morgan fingerprint density at radius 3 is 2.50 bits per heavy atom. The first-order valence-electron chi connectivity index (χ1n) is 4.62. The highest BCUT2D eigenvalue weighted by Gasteiger charge is 2.09. The summed E-state index contributed by atoms with van der Waals surface area (Å²) in [6.07, 6.45) is 0. The Balaban J connectivity index is 2.90. The lowest BCUT2D eigenvalue weighted by atomic mass is 10.3. The number of carbonyl (C=O) groups excluding carboxylic acids is 1. The molecular formula is C10H15N3O. The molecule has 0 unspecified atom stereocenters. The normalized spacial score (nSPS) is 10.4. The van der Waals surface area contributed by atoms with Crippen LogP contribution in [0.4, 0.5) is 0 Å². The Labute approximate surface area is 83.8 Å². The van der Waals surface area contributed by atoms with Gasteiger partial charge in [0.2, 0.25) is 0 Å². The van der Waals surface area contributed by atoms with Gasteiger partial charge in [0.05, 0.1) is 0 Å². The van der Waals surface area contributed by atoms with Crippen LogP contribution in [0.3, 0.4) is 0 Å². The van der Waals surface area contributed by atoms with E-state index >= 15 is 0 Å². The van der Waals surface area contributed by atoms with E-state index in [1.165, 1.54) is 0 Å². The van der Waals surface area contributed by atoms with E-state index in [-0.39, 0.29) is 11.9 Å². The molecule has 1 aromatic heterocycles. The molecule has 0 aromatic carbocycles. The maximum absolute atomic E-state index is 11.6. The van der Waals surface area contributed by atoms with Crippen LogP contribution in [0.25, 0.3) is 0 Å². The van der Waals surface area contributed by atoms with Crippen molar-refractivity contribution >= 4 is 5.91 Å². The topological polar surface area (TPSA) is 54.9 Å². The lowest BCUT2D eigenvalue weighted by molar-refractivity contribution is 0.0937. The minimum atomic E-state index is -0.145. The number of aromatic nitrogens is 2. The number of nitrogens with zero attached hydrogens (tertiary/aromatic N) is 2. The summed E-state index contributed by atoms with van der Waals surface area (Å²) in [6, 6.07) is 1.81. The van der Waals surface area contributed by atoms with Crippen LogP contribution in [0.1, 0.15) is 35.9 Å². The van der Waals surface area contributed by atoms with Gasteiger partial charge in [0.25, 0.3) is 5.91 Å². The smallest absolute Gasteiger partial charge is 0.270 e. The van der Waals surface area contributed by atoms with Crippen LogP contribution >= 0.6 is 0 Å². The predicted molar refractivity (Wildman–Crippen MR) is 54.1 cm³/mol. The zero-order valence-electron chi connectivity index (χ0n) is 8.96. The van der Waals surface area contributed by atoms with E-state index in [0.29, 0.717) is 11.5 Å². The van der Waals surface area contributed by atoms with Crippen LogP contribution in [-0.4, -0.2) is 21.9 Å². The van der Waals surface area contributed by atoms with Gasteiger partial charge in [-0.25, -0.2) is 9.97 Å². The van der Waals surface area contributed by atoms with E-state index in [2.05, 4.69) is 15.3 Å². The lowest BCUT2D eigenvalue weighted by Crippen LogP contribution is -2.31. The number of hydrogen-bond acceptors (Lipinski definition) is 3. The number of carbonyl (C=O) groups is 1. The molecule has 1 amide bonds. The Bertz CT molecular complexity index is 327. The third-order valence-corrected chi connectivity index (χ3v) is 1.62. The lowest BCUT2D eigenvalue weighted by Gasteiger charge is -2.08. The predicted octanol–water partition coefficient (Wildman–Crippen LogP) is 1.23. The van der Waals surface area contributed by atoms with Crippen molar-refractivity contribution in [1.29, 1.82) is 0 Å². The molecule has 4 heteroatoms. The van der Waals surface area contributed by atoms with Crippen LogP contribution in [0.2, 0.25) is 0 Å². The fourth-order valence-electron chi connectivity index (χ4n) is 1.17. The first-order chi connectivity index (χ1) is 6.49. The van der Waals surface area contributed by atoms with Gasteiger partial charge in [0.15, 0.2) is 0 Å². The van der Waals surface area contributed by atoms with Crippen molar-refractivity contribution in [3.05, 3.63) is 23.3 Å². The van der Waals surface area contributed by atoms with Gasteiger partial charge >= 0.3 is 0 Å². The molecule has 0 aliphatic rings. The molecule has 0 bridgehead atoms. The summed E-state index contributed by atoms with van der Waals surface area (Å²) in [7, 11) is 0. The Morgan fingerprint density at radius 1 is 1.36 bits per heavy atom. The third-order valence-electron chi connectivity index (χ3n) is 1.62. The second kappa shape index (κ2) is 4.17. The molecule has 0 aliphatic carbocycles. The minimum Gasteiger partial charge on any atom is -0.349 e. The molecule has 76 valence electrons. The van der Waals surface area contributed by atoms with Crippen molar-refractivity contribution in [1.82, 2.24) is 15.3 Å². The van der Waals surface area contributed by atoms with Gasteiger partial charge in [0.1, 0.15) is 11.5 Å². The van der Waals surface area contributed by atoms with E-state index in [1.54, 1.807) is 13.0 Å². The van der Waals surface area contributed by atoms with Gasteiger partial charge in [-0.1, -0.05) is 0 Å². The zero-order chi connectivity index (χ0) is 10.7. The first kappa shape index (κ1) is 10.6. The highest BCUT2D eigenvalue weighted by molar-refractivity contribution is 5.92. The summed E-state index contributed by atoms with van der Waals surface area (Å²) >= 11 is 0. The monoisotopic (exact) mass is 193 g/mol. The van der Waals surface area contributed by atoms with Gasteiger partial charge in [-0.2, -0.15) is 0 Å². The molecule has 0 saturated carbocycles. The molecule has 4 nitrogen and oxygen atoms in total. The molecule has 0 saturated heterocycles. The van der Waals surface area contributed by atoms with Crippen LogP contribution in [-0.2, 0) is 0 Å². The summed E-state index contributed by atoms with van der Waals surface area (Å²) in [4.78, 5) is 19.7. The first-order valence-corrected chi connectivity index (χ1v) is 4.62. The fourth-order valence-corrected chi connectivity index (χ4v) is 1.17. The molecule has 0 atom stereocenters. The maximum Gasteiger partial charge on any atom is 0.270 e. The maximum atomic E-state index is 11.6. The molecule has 0 spiro atoms. The average molecular weight is 193 g/mol. The molecule has 0 aliphatic heterocycles. The third kappa shape index (κ3) is 2.80. The Hall–Kier alpha value is -1.45. The summed E-state index contributed by atoms with van der Waals surface area (Å²) in [5, 5.41) is 2.78. The van der Waals surface area contributed by atoms with Crippen molar-refractivity contribution in [2.75, 3.05) is 0 Å². The zero-order valence-corrected chi connectivity index (χ0v) is 8.96. The molecule has 14 heavy (non-hydrogen) atoms. The minimum absolute atomic E-state index is 0.123. The molecular weight excluding hydrogens is 178 g/mol. The van der Waals surface area contributed by atoms with Crippen molar-refractivity contribution in [2.45, 2.75) is 33.7 Å². The highest BCUT2D eigenvalue weighted by Crippen LogP contribution is 2.00. The van der Waals surface area contributed by atoms with Crippen LogP contribution in [0.5, 0.6) is 0 Å². The number of amides is 1. The van der Waals surface area contributed by atoms with Gasteiger partial charge in [-0.15, -0.1) is 0 Å². The standard InChI is InChI=1S/C10H15N3O/c1-6(2)11-10(14)9-5-7(3)12-8(4)13-9/h5-6H,1-4H3,(H,11,14). The molecule has 1 rings (SSSR count). The van der Waals surface area contributed by atoms with E-state index in [4.69, 9.17) is 0 Å².